The molecule has 0 saturated carbocycles. The van der Waals surface area contributed by atoms with Crippen molar-refractivity contribution in [2.75, 3.05) is 5.73 Å². The van der Waals surface area contributed by atoms with Crippen LogP contribution in [0.3, 0.4) is 0 Å². The van der Waals surface area contributed by atoms with Gasteiger partial charge in [-0.05, 0) is 36.0 Å². The first-order chi connectivity index (χ1) is 9.27. The molecule has 1 atom stereocenters. The molecule has 1 unspecified atom stereocenters. The van der Waals surface area contributed by atoms with E-state index in [0.29, 0.717) is 24.1 Å². The minimum Gasteiger partial charge on any atom is -0.481 e. The standard InChI is InChI=1S/C17H23NO2/c1-5-6-7-8-13(16(19)20)14-11-12(17(2,3)4)9-10-15(14)18/h9-11,13H,7-8,18H2,1-4H3,(H,19,20). The summed E-state index contributed by atoms with van der Waals surface area (Å²) in [5, 5.41) is 9.44. The molecular formula is C17H23NO2. The van der Waals surface area contributed by atoms with Crippen LogP contribution in [0.1, 0.15) is 57.6 Å². The van der Waals surface area contributed by atoms with Gasteiger partial charge in [0.05, 0.1) is 5.92 Å². The Morgan fingerprint density at radius 1 is 1.40 bits per heavy atom. The Morgan fingerprint density at radius 2 is 2.05 bits per heavy atom. The van der Waals surface area contributed by atoms with Gasteiger partial charge in [-0.2, -0.15) is 0 Å². The number of rotatable bonds is 4. The van der Waals surface area contributed by atoms with Crippen molar-refractivity contribution in [1.29, 1.82) is 0 Å². The predicted octanol–water partition coefficient (Wildman–Crippen LogP) is 3.54. The maximum atomic E-state index is 11.5. The topological polar surface area (TPSA) is 63.3 Å². The summed E-state index contributed by atoms with van der Waals surface area (Å²) in [5.41, 5.74) is 8.27. The molecule has 0 aliphatic rings. The summed E-state index contributed by atoms with van der Waals surface area (Å²) in [6, 6.07) is 5.69. The van der Waals surface area contributed by atoms with Crippen molar-refractivity contribution in [2.45, 2.75) is 51.9 Å². The molecule has 1 aromatic carbocycles. The lowest BCUT2D eigenvalue weighted by atomic mass is 9.83. The van der Waals surface area contributed by atoms with E-state index in [1.807, 2.05) is 12.1 Å². The van der Waals surface area contributed by atoms with Crippen LogP contribution in [0.25, 0.3) is 0 Å². The zero-order valence-corrected chi connectivity index (χ0v) is 12.7. The molecule has 0 aromatic heterocycles. The Bertz CT molecular complexity index is 544. The smallest absolute Gasteiger partial charge is 0.311 e. The van der Waals surface area contributed by atoms with E-state index in [2.05, 4.69) is 32.6 Å². The van der Waals surface area contributed by atoms with Gasteiger partial charge in [-0.15, -0.1) is 11.8 Å². The number of nitrogen functional groups attached to an aromatic ring is 1. The van der Waals surface area contributed by atoms with Crippen molar-refractivity contribution in [3.05, 3.63) is 29.3 Å². The maximum Gasteiger partial charge on any atom is 0.311 e. The minimum atomic E-state index is -0.847. The lowest BCUT2D eigenvalue weighted by molar-refractivity contribution is -0.138. The highest BCUT2D eigenvalue weighted by molar-refractivity contribution is 5.78. The van der Waals surface area contributed by atoms with Crippen LogP contribution in [0.2, 0.25) is 0 Å². The third kappa shape index (κ3) is 4.03. The molecule has 0 aliphatic carbocycles. The average molecular weight is 273 g/mol. The molecule has 1 rings (SSSR count). The zero-order valence-electron chi connectivity index (χ0n) is 12.7. The highest BCUT2D eigenvalue weighted by atomic mass is 16.4. The van der Waals surface area contributed by atoms with Crippen molar-refractivity contribution in [3.63, 3.8) is 0 Å². The molecule has 0 amide bonds. The number of anilines is 1. The van der Waals surface area contributed by atoms with Crippen molar-refractivity contribution in [1.82, 2.24) is 0 Å². The molecule has 1 aromatic rings. The fourth-order valence-electron chi connectivity index (χ4n) is 2.10. The van der Waals surface area contributed by atoms with Gasteiger partial charge in [0.25, 0.3) is 0 Å². The minimum absolute atomic E-state index is 0.0330. The van der Waals surface area contributed by atoms with Gasteiger partial charge in [0, 0.05) is 12.1 Å². The molecule has 20 heavy (non-hydrogen) atoms. The summed E-state index contributed by atoms with van der Waals surface area (Å²) in [7, 11) is 0. The van der Waals surface area contributed by atoms with E-state index < -0.39 is 11.9 Å². The van der Waals surface area contributed by atoms with Crippen molar-refractivity contribution in [2.24, 2.45) is 0 Å². The molecule has 0 heterocycles. The Labute approximate surface area is 121 Å². The zero-order chi connectivity index (χ0) is 15.3. The van der Waals surface area contributed by atoms with Crippen molar-refractivity contribution >= 4 is 11.7 Å². The predicted molar refractivity (Wildman–Crippen MR) is 82.6 cm³/mol. The molecule has 3 nitrogen and oxygen atoms in total. The summed E-state index contributed by atoms with van der Waals surface area (Å²) >= 11 is 0. The number of aliphatic carboxylic acids is 1. The number of carbonyl (C=O) groups is 1. The maximum absolute atomic E-state index is 11.5. The molecule has 3 heteroatoms. The van der Waals surface area contributed by atoms with E-state index in [1.54, 1.807) is 13.0 Å². The number of hydrogen-bond acceptors (Lipinski definition) is 2. The fourth-order valence-corrected chi connectivity index (χ4v) is 2.10. The van der Waals surface area contributed by atoms with Crippen LogP contribution < -0.4 is 5.73 Å². The van der Waals surface area contributed by atoms with Crippen LogP contribution in [0, 0.1) is 11.8 Å². The van der Waals surface area contributed by atoms with E-state index in [4.69, 9.17) is 5.73 Å². The Balaban J connectivity index is 3.17. The van der Waals surface area contributed by atoms with Crippen LogP contribution in [-0.4, -0.2) is 11.1 Å². The normalized spacial score (nSPS) is 12.4. The van der Waals surface area contributed by atoms with E-state index in [0.717, 1.165) is 5.56 Å². The lowest BCUT2D eigenvalue weighted by Crippen LogP contribution is -2.17. The highest BCUT2D eigenvalue weighted by Crippen LogP contribution is 2.32. The summed E-state index contributed by atoms with van der Waals surface area (Å²) in [6.45, 7) is 8.05. The largest absolute Gasteiger partial charge is 0.481 e. The second-order valence-electron chi connectivity index (χ2n) is 5.95. The van der Waals surface area contributed by atoms with Crippen LogP contribution in [0.5, 0.6) is 0 Å². The number of carboxylic acids is 1. The first-order valence-corrected chi connectivity index (χ1v) is 6.79. The van der Waals surface area contributed by atoms with E-state index >= 15 is 0 Å². The van der Waals surface area contributed by atoms with Crippen LogP contribution in [0.15, 0.2) is 18.2 Å². The summed E-state index contributed by atoms with van der Waals surface area (Å²) in [4.78, 5) is 11.5. The van der Waals surface area contributed by atoms with E-state index in [9.17, 15) is 9.90 Å². The highest BCUT2D eigenvalue weighted by Gasteiger charge is 2.24. The molecule has 0 aliphatic heterocycles. The molecule has 3 N–H and O–H groups in total. The summed E-state index contributed by atoms with van der Waals surface area (Å²) in [6.07, 6.45) is 1.04. The number of hydrogen-bond donors (Lipinski definition) is 2. The monoisotopic (exact) mass is 273 g/mol. The van der Waals surface area contributed by atoms with Crippen molar-refractivity contribution < 1.29 is 9.90 Å². The van der Waals surface area contributed by atoms with Crippen LogP contribution in [-0.2, 0) is 10.2 Å². The molecule has 108 valence electrons. The lowest BCUT2D eigenvalue weighted by Gasteiger charge is -2.22. The van der Waals surface area contributed by atoms with E-state index in [1.165, 1.54) is 0 Å². The molecule has 0 fully saturated rings. The van der Waals surface area contributed by atoms with Gasteiger partial charge in [-0.25, -0.2) is 0 Å². The van der Waals surface area contributed by atoms with Gasteiger partial charge in [0.15, 0.2) is 0 Å². The van der Waals surface area contributed by atoms with Crippen LogP contribution >= 0.6 is 0 Å². The van der Waals surface area contributed by atoms with E-state index in [-0.39, 0.29) is 5.41 Å². The molecule has 0 spiro atoms. The average Bonchev–Trinajstić information content (AvgIpc) is 2.34. The van der Waals surface area contributed by atoms with Gasteiger partial charge >= 0.3 is 5.97 Å². The van der Waals surface area contributed by atoms with Gasteiger partial charge < -0.3 is 10.8 Å². The third-order valence-electron chi connectivity index (χ3n) is 3.36. The first kappa shape index (κ1) is 16.1. The van der Waals surface area contributed by atoms with Gasteiger partial charge in [-0.3, -0.25) is 4.79 Å². The quantitative estimate of drug-likeness (QED) is 0.651. The second-order valence-corrected chi connectivity index (χ2v) is 5.95. The number of nitrogens with two attached hydrogens (primary N) is 1. The Hall–Kier alpha value is -1.95. The second kappa shape index (κ2) is 6.47. The van der Waals surface area contributed by atoms with Gasteiger partial charge in [0.1, 0.15) is 0 Å². The Kier molecular flexibility index (Phi) is 5.21. The number of benzene rings is 1. The van der Waals surface area contributed by atoms with Crippen molar-refractivity contribution in [3.8, 4) is 11.8 Å². The first-order valence-electron chi connectivity index (χ1n) is 6.79. The number of carboxylic acid groups (broad SMARTS) is 1. The van der Waals surface area contributed by atoms with Gasteiger partial charge in [0.2, 0.25) is 0 Å². The molecule has 0 radical (unpaired) electrons. The SMILES string of the molecule is CC#CCCC(C(=O)O)c1cc(C(C)(C)C)ccc1N. The van der Waals surface area contributed by atoms with Gasteiger partial charge in [-0.1, -0.05) is 32.9 Å². The summed E-state index contributed by atoms with van der Waals surface area (Å²) in [5.74, 6) is 4.26. The fraction of sp³-hybridized carbons (Fsp3) is 0.471. The molecule has 0 bridgehead atoms. The molecular weight excluding hydrogens is 250 g/mol. The third-order valence-corrected chi connectivity index (χ3v) is 3.36. The molecule has 0 saturated heterocycles. The summed E-state index contributed by atoms with van der Waals surface area (Å²) < 4.78 is 0. The van der Waals surface area contributed by atoms with Crippen LogP contribution in [0.4, 0.5) is 5.69 Å². The Morgan fingerprint density at radius 3 is 2.55 bits per heavy atom.